The maximum absolute atomic E-state index is 10.7. The molecule has 3 aromatic carbocycles. The predicted octanol–water partition coefficient (Wildman–Crippen LogP) is 5.13. The fourth-order valence-electron chi connectivity index (χ4n) is 1.45. The molecule has 0 amide bonds. The Balaban J connectivity index is -0.000000134. The minimum absolute atomic E-state index is 0. The predicted molar refractivity (Wildman–Crippen MR) is 211 cm³/mol. The van der Waals surface area contributed by atoms with E-state index in [2.05, 4.69) is 37.9 Å². The fraction of sp³-hybridized carbons (Fsp3) is 0.250. The first-order chi connectivity index (χ1) is 30.9. The summed E-state index contributed by atoms with van der Waals surface area (Å²) < 4.78 is 345. The van der Waals surface area contributed by atoms with Crippen LogP contribution in [0.4, 0.5) is 79.0 Å². The van der Waals surface area contributed by atoms with Gasteiger partial charge in [-0.1, -0.05) is 54.6 Å². The summed E-state index contributed by atoms with van der Waals surface area (Å²) in [6.45, 7) is 0. The van der Waals surface area contributed by atoms with E-state index in [0.717, 1.165) is 14.7 Å². The zero-order valence-corrected chi connectivity index (χ0v) is 41.6. The normalized spacial score (nSPS) is 12.2. The largest absolute Gasteiger partial charge is 3.00 e. The number of thiol groups is 3. The van der Waals surface area contributed by atoms with Gasteiger partial charge in [0.05, 0.1) is 0 Å². The van der Waals surface area contributed by atoms with E-state index in [1.807, 2.05) is 0 Å². The van der Waals surface area contributed by atoms with Gasteiger partial charge >= 0.3 is 111 Å². The first-order valence-corrected chi connectivity index (χ1v) is 24.5. The van der Waals surface area contributed by atoms with E-state index in [4.69, 9.17) is 77.8 Å². The SMILES string of the molecule is O=S(=O)(O)C(F)(F)F.O=S(=O)(O)C(F)(F)F.O=S(=O)(O)C(F)(F)F.O=S(=O)(O)C(F)(F)F.O=S(=O)(O)C(F)(F)F.O=S(=O)(O)C(F)(F)F.[Al+3].[O-]c1cccc(S)c1.[O-]c1cccc(S)c1.[O-]c1cccc(S)c1. The molecule has 0 radical (unpaired) electrons. The fourth-order valence-corrected chi connectivity index (χ4v) is 2.09. The molecule has 6 N–H and O–H groups in total. The van der Waals surface area contributed by atoms with Gasteiger partial charge in [0, 0.05) is 14.7 Å². The minimum Gasteiger partial charge on any atom is -0.872 e. The number of alkyl halides is 18. The quantitative estimate of drug-likeness (QED) is 0.0463. The van der Waals surface area contributed by atoms with E-state index in [1.54, 1.807) is 36.4 Å². The molecule has 0 aromatic heterocycles. The molecule has 0 heterocycles. The second-order valence-electron chi connectivity index (χ2n) is 10.0. The van der Waals surface area contributed by atoms with Crippen LogP contribution >= 0.6 is 37.9 Å². The van der Waals surface area contributed by atoms with Crippen molar-refractivity contribution < 1.29 is 172 Å². The Morgan fingerprint density at radius 2 is 0.397 bits per heavy atom. The third kappa shape index (κ3) is 47.1. The van der Waals surface area contributed by atoms with Gasteiger partial charge in [-0.25, -0.2) is 0 Å². The van der Waals surface area contributed by atoms with E-state index in [0.29, 0.717) is 0 Å². The van der Waals surface area contributed by atoms with Gasteiger partial charge in [0.1, 0.15) is 0 Å². The summed E-state index contributed by atoms with van der Waals surface area (Å²) in [6.07, 6.45) is 0. The van der Waals surface area contributed by atoms with Crippen molar-refractivity contribution in [2.45, 2.75) is 47.7 Å². The maximum atomic E-state index is 10.7. The molecule has 0 unspecified atom stereocenters. The molecule has 0 saturated carbocycles. The van der Waals surface area contributed by atoms with Crippen molar-refractivity contribution in [1.29, 1.82) is 0 Å². The zero-order valence-electron chi connectivity index (χ0n) is 32.9. The minimum atomic E-state index is -5.84. The van der Waals surface area contributed by atoms with Crippen molar-refractivity contribution in [3.05, 3.63) is 72.8 Å². The number of hydrogen-bond acceptors (Lipinski definition) is 18. The monoisotopic (exact) mass is 1300 g/mol. The van der Waals surface area contributed by atoms with Crippen LogP contribution < -0.4 is 15.3 Å². The molecule has 0 spiro atoms. The molecule has 49 heteroatoms. The third-order valence-electron chi connectivity index (χ3n) is 4.21. The van der Waals surface area contributed by atoms with E-state index in [9.17, 15) is 94.3 Å². The molecule has 0 bridgehead atoms. The van der Waals surface area contributed by atoms with Gasteiger partial charge in [0.15, 0.2) is 0 Å². The Morgan fingerprint density at radius 1 is 0.301 bits per heavy atom. The Labute approximate surface area is 423 Å². The molecule has 3 aromatic rings. The van der Waals surface area contributed by atoms with E-state index < -0.39 is 93.8 Å². The van der Waals surface area contributed by atoms with Gasteiger partial charge in [0.2, 0.25) is 0 Å². The Kier molecular flexibility index (Phi) is 37.2. The Hall–Kier alpha value is -3.16. The van der Waals surface area contributed by atoms with Gasteiger partial charge in [-0.3, -0.25) is 27.3 Å². The molecular formula is C24H21AlF18O21S9. The molecule has 0 fully saturated rings. The summed E-state index contributed by atoms with van der Waals surface area (Å²) in [6, 6.07) is 19.3. The summed E-state index contributed by atoms with van der Waals surface area (Å²) >= 11 is 11.9. The van der Waals surface area contributed by atoms with Gasteiger partial charge in [-0.05, 0) is 18.2 Å². The molecule has 73 heavy (non-hydrogen) atoms. The van der Waals surface area contributed by atoms with Crippen LogP contribution in [-0.2, 0) is 60.7 Å². The second-order valence-corrected chi connectivity index (χ2v) is 20.0. The molecule has 21 nitrogen and oxygen atoms in total. The summed E-state index contributed by atoms with van der Waals surface area (Å²) in [5.41, 5.74) is -33.2. The molecule has 0 aliphatic carbocycles. The summed E-state index contributed by atoms with van der Waals surface area (Å²) in [5, 5.41) is 31.3. The van der Waals surface area contributed by atoms with Crippen molar-refractivity contribution in [3.63, 3.8) is 0 Å². The van der Waals surface area contributed by atoms with Crippen LogP contribution in [0.25, 0.3) is 0 Å². The summed E-state index contributed by atoms with van der Waals surface area (Å²) in [5.74, 6) is 0.0347. The smallest absolute Gasteiger partial charge is 0.872 e. The Morgan fingerprint density at radius 3 is 0.438 bits per heavy atom. The van der Waals surface area contributed by atoms with Crippen LogP contribution in [0.15, 0.2) is 87.5 Å². The van der Waals surface area contributed by atoms with Crippen LogP contribution in [-0.4, -0.2) is 128 Å². The molecule has 3 rings (SSSR count). The third-order valence-corrected chi connectivity index (χ3v) is 8.55. The number of halogens is 18. The number of rotatable bonds is 0. The Bertz CT molecular complexity index is 2300. The first-order valence-electron chi connectivity index (χ1n) is 14.5. The molecule has 0 saturated heterocycles. The summed E-state index contributed by atoms with van der Waals surface area (Å²) in [7, 11) is -35.0. The van der Waals surface area contributed by atoms with E-state index >= 15 is 0 Å². The van der Waals surface area contributed by atoms with E-state index in [1.165, 1.54) is 36.4 Å². The topological polar surface area (TPSA) is 395 Å². The van der Waals surface area contributed by atoms with Crippen LogP contribution in [0.5, 0.6) is 17.2 Å². The van der Waals surface area contributed by atoms with Crippen molar-refractivity contribution in [2.75, 3.05) is 0 Å². The standard InChI is InChI=1S/3C6H6OS.6CHF3O3S.Al/c3*7-5-2-1-3-6(8)4-5;6*2-1(3,4)8(5,6)7;/h3*1-4,7-8H;6*(H,5,6,7);/q;;;;;;;;;+3/p-3. The average Bonchev–Trinajstić information content (AvgIpc) is 3.05. The van der Waals surface area contributed by atoms with Crippen molar-refractivity contribution in [1.82, 2.24) is 0 Å². The molecule has 426 valence electrons. The maximum Gasteiger partial charge on any atom is 3.00 e. The second kappa shape index (κ2) is 32.4. The molecule has 0 atom stereocenters. The van der Waals surface area contributed by atoms with Gasteiger partial charge in [0.25, 0.3) is 0 Å². The van der Waals surface area contributed by atoms with Crippen LogP contribution in [0.2, 0.25) is 0 Å². The van der Waals surface area contributed by atoms with Gasteiger partial charge in [-0.15, -0.1) is 55.1 Å². The van der Waals surface area contributed by atoms with E-state index in [-0.39, 0.29) is 34.6 Å². The number of hydrogen-bond donors (Lipinski definition) is 9. The average molecular weight is 1300 g/mol. The molecular weight excluding hydrogens is 1280 g/mol. The van der Waals surface area contributed by atoms with Crippen molar-refractivity contribution in [3.8, 4) is 17.2 Å². The van der Waals surface area contributed by atoms with Gasteiger partial charge < -0.3 is 15.3 Å². The van der Waals surface area contributed by atoms with Crippen molar-refractivity contribution >= 4 is 116 Å². The van der Waals surface area contributed by atoms with Crippen molar-refractivity contribution in [2.24, 2.45) is 0 Å². The van der Waals surface area contributed by atoms with Crippen LogP contribution in [0.1, 0.15) is 0 Å². The number of benzene rings is 3. The van der Waals surface area contributed by atoms with Crippen LogP contribution in [0.3, 0.4) is 0 Å². The van der Waals surface area contributed by atoms with Gasteiger partial charge in [-0.2, -0.15) is 130 Å². The molecule has 0 aliphatic rings. The zero-order chi connectivity index (χ0) is 59.9. The molecule has 0 aliphatic heterocycles. The first kappa shape index (κ1) is 83.8. The summed E-state index contributed by atoms with van der Waals surface area (Å²) in [4.78, 5) is 2.16. The van der Waals surface area contributed by atoms with Crippen LogP contribution in [0, 0.1) is 0 Å².